The Morgan fingerprint density at radius 3 is 2.52 bits per heavy atom. The van der Waals surface area contributed by atoms with Gasteiger partial charge in [-0.1, -0.05) is 60.7 Å². The van der Waals surface area contributed by atoms with Gasteiger partial charge in [0.05, 0.1) is 42.2 Å². The lowest BCUT2D eigenvalue weighted by Gasteiger charge is -2.12. The number of fused-ring (bicyclic) bond motifs is 1. The van der Waals surface area contributed by atoms with E-state index in [0.29, 0.717) is 34.6 Å². The number of pyridine rings is 1. The predicted octanol–water partition coefficient (Wildman–Crippen LogP) is 4.20. The van der Waals surface area contributed by atoms with Gasteiger partial charge in [-0.25, -0.2) is 9.67 Å². The van der Waals surface area contributed by atoms with Crippen molar-refractivity contribution in [2.45, 2.75) is 12.6 Å². The summed E-state index contributed by atoms with van der Waals surface area (Å²) in [6, 6.07) is 24.8. The molecular weight excluding hydrogens is 416 g/mol. The van der Waals surface area contributed by atoms with Crippen LogP contribution in [0.15, 0.2) is 95.7 Å². The first-order chi connectivity index (χ1) is 16.2. The second-order valence-corrected chi connectivity index (χ2v) is 7.69. The molecule has 0 saturated carbocycles. The molecule has 0 aliphatic rings. The Hall–Kier alpha value is -4.23. The maximum Gasteiger partial charge on any atom is 0.252 e. The van der Waals surface area contributed by atoms with Gasteiger partial charge in [-0.05, 0) is 23.8 Å². The van der Waals surface area contributed by atoms with Gasteiger partial charge in [-0.2, -0.15) is 5.10 Å². The second kappa shape index (κ2) is 9.10. The molecular formula is C26H22N4O3. The molecule has 1 unspecified atom stereocenters. The van der Waals surface area contributed by atoms with Crippen molar-refractivity contribution in [3.05, 3.63) is 108 Å². The van der Waals surface area contributed by atoms with E-state index in [-0.39, 0.29) is 12.5 Å². The monoisotopic (exact) mass is 438 g/mol. The highest BCUT2D eigenvalue weighted by molar-refractivity contribution is 6.06. The topological polar surface area (TPSA) is 93.2 Å². The number of amides is 1. The zero-order valence-electron chi connectivity index (χ0n) is 17.8. The molecule has 2 N–H and O–H groups in total. The number of nitrogens with one attached hydrogen (secondary N) is 1. The molecule has 0 bridgehead atoms. The van der Waals surface area contributed by atoms with Crippen molar-refractivity contribution in [3.8, 4) is 11.3 Å². The zero-order valence-corrected chi connectivity index (χ0v) is 17.8. The Balaban J connectivity index is 1.51. The fourth-order valence-electron chi connectivity index (χ4n) is 3.73. The van der Waals surface area contributed by atoms with Crippen LogP contribution in [-0.2, 0) is 6.54 Å². The van der Waals surface area contributed by atoms with Gasteiger partial charge in [-0.3, -0.25) is 4.79 Å². The molecule has 7 heteroatoms. The van der Waals surface area contributed by atoms with Crippen molar-refractivity contribution in [1.82, 2.24) is 20.1 Å². The van der Waals surface area contributed by atoms with Crippen LogP contribution in [0.2, 0.25) is 0 Å². The molecule has 3 aromatic heterocycles. The summed E-state index contributed by atoms with van der Waals surface area (Å²) in [5.74, 6) is 0.0836. The molecule has 3 heterocycles. The number of benzene rings is 2. The first kappa shape index (κ1) is 20.7. The molecule has 0 aliphatic carbocycles. The van der Waals surface area contributed by atoms with E-state index in [4.69, 9.17) is 9.40 Å². The molecule has 1 atom stereocenters. The van der Waals surface area contributed by atoms with Gasteiger partial charge >= 0.3 is 0 Å². The molecule has 0 radical (unpaired) electrons. The molecule has 164 valence electrons. The van der Waals surface area contributed by atoms with Crippen LogP contribution >= 0.6 is 0 Å². The molecule has 5 aromatic rings. The van der Waals surface area contributed by atoms with Crippen LogP contribution < -0.4 is 5.32 Å². The van der Waals surface area contributed by atoms with Crippen LogP contribution in [0.4, 0.5) is 0 Å². The molecule has 1 amide bonds. The number of aliphatic hydroxyl groups is 1. The highest BCUT2D eigenvalue weighted by Gasteiger charge is 2.19. The van der Waals surface area contributed by atoms with Gasteiger partial charge in [0.1, 0.15) is 11.9 Å². The number of nitrogens with zero attached hydrogens (tertiary/aromatic N) is 3. The average Bonchev–Trinajstić information content (AvgIpc) is 3.54. The van der Waals surface area contributed by atoms with E-state index in [2.05, 4.69) is 10.4 Å². The van der Waals surface area contributed by atoms with E-state index in [1.54, 1.807) is 29.1 Å². The van der Waals surface area contributed by atoms with Crippen LogP contribution in [-0.4, -0.2) is 32.3 Å². The van der Waals surface area contributed by atoms with Crippen LogP contribution in [0.5, 0.6) is 0 Å². The summed E-state index contributed by atoms with van der Waals surface area (Å²) >= 11 is 0. The van der Waals surface area contributed by atoms with E-state index >= 15 is 0 Å². The van der Waals surface area contributed by atoms with Crippen molar-refractivity contribution in [1.29, 1.82) is 0 Å². The minimum Gasteiger partial charge on any atom is -0.467 e. The third-order valence-electron chi connectivity index (χ3n) is 5.43. The van der Waals surface area contributed by atoms with Crippen molar-refractivity contribution in [2.24, 2.45) is 0 Å². The number of furan rings is 1. The second-order valence-electron chi connectivity index (χ2n) is 7.69. The van der Waals surface area contributed by atoms with Crippen LogP contribution in [0.3, 0.4) is 0 Å². The van der Waals surface area contributed by atoms with Gasteiger partial charge < -0.3 is 14.8 Å². The summed E-state index contributed by atoms with van der Waals surface area (Å²) in [5, 5.41) is 18.2. The lowest BCUT2D eigenvalue weighted by molar-refractivity contribution is 0.0902. The Morgan fingerprint density at radius 2 is 1.79 bits per heavy atom. The Morgan fingerprint density at radius 1 is 1.03 bits per heavy atom. The average molecular weight is 438 g/mol. The molecule has 33 heavy (non-hydrogen) atoms. The largest absolute Gasteiger partial charge is 0.467 e. The number of carbonyl (C=O) groups excluding carboxylic acids is 1. The summed E-state index contributed by atoms with van der Waals surface area (Å²) in [6.45, 7) is 0.558. The summed E-state index contributed by atoms with van der Waals surface area (Å²) in [5.41, 5.74) is 3.73. The Labute approximate surface area is 190 Å². The highest BCUT2D eigenvalue weighted by Crippen LogP contribution is 2.25. The lowest BCUT2D eigenvalue weighted by Crippen LogP contribution is -2.28. The van der Waals surface area contributed by atoms with Gasteiger partial charge in [0.2, 0.25) is 0 Å². The summed E-state index contributed by atoms with van der Waals surface area (Å²) in [7, 11) is 0. The number of carbonyl (C=O) groups is 1. The standard InChI is InChI=1S/C26H22N4O3/c31-23(24-12-7-13-33-24)16-27-26(32)20-14-22(19-10-5-2-6-11-19)29-25-21(20)15-28-30(25)17-18-8-3-1-4-9-18/h1-15,23,31H,16-17H2,(H,27,32). The van der Waals surface area contributed by atoms with Crippen LogP contribution in [0.1, 0.15) is 27.8 Å². The van der Waals surface area contributed by atoms with E-state index in [9.17, 15) is 9.90 Å². The number of aromatic nitrogens is 3. The SMILES string of the molecule is O=C(NCC(O)c1ccco1)c1cc(-c2ccccc2)nc2c1cnn2Cc1ccccc1. The first-order valence-electron chi connectivity index (χ1n) is 10.6. The van der Waals surface area contributed by atoms with E-state index in [1.165, 1.54) is 6.26 Å². The van der Waals surface area contributed by atoms with Gasteiger partial charge in [-0.15, -0.1) is 0 Å². The minimum atomic E-state index is -0.935. The number of hydrogen-bond acceptors (Lipinski definition) is 5. The van der Waals surface area contributed by atoms with Crippen molar-refractivity contribution >= 4 is 16.9 Å². The minimum absolute atomic E-state index is 0.0228. The summed E-state index contributed by atoms with van der Waals surface area (Å²) in [4.78, 5) is 18.0. The summed E-state index contributed by atoms with van der Waals surface area (Å²) in [6.07, 6.45) is 2.22. The van der Waals surface area contributed by atoms with Gasteiger partial charge in [0.25, 0.3) is 5.91 Å². The molecule has 0 saturated heterocycles. The normalized spacial score (nSPS) is 12.0. The predicted molar refractivity (Wildman–Crippen MR) is 125 cm³/mol. The smallest absolute Gasteiger partial charge is 0.252 e. The van der Waals surface area contributed by atoms with Crippen molar-refractivity contribution in [3.63, 3.8) is 0 Å². The van der Waals surface area contributed by atoms with Crippen LogP contribution in [0, 0.1) is 0 Å². The Bertz CT molecular complexity index is 1360. The van der Waals surface area contributed by atoms with E-state index in [1.807, 2.05) is 60.7 Å². The van der Waals surface area contributed by atoms with Crippen LogP contribution in [0.25, 0.3) is 22.3 Å². The lowest BCUT2D eigenvalue weighted by atomic mass is 10.1. The molecule has 7 nitrogen and oxygen atoms in total. The number of rotatable bonds is 7. The quantitative estimate of drug-likeness (QED) is 0.397. The fourth-order valence-corrected chi connectivity index (χ4v) is 3.73. The number of aliphatic hydroxyl groups excluding tert-OH is 1. The summed E-state index contributed by atoms with van der Waals surface area (Å²) < 4.78 is 7.01. The molecule has 0 aliphatic heterocycles. The third kappa shape index (κ3) is 4.40. The van der Waals surface area contributed by atoms with Crippen molar-refractivity contribution in [2.75, 3.05) is 6.54 Å². The molecule has 2 aromatic carbocycles. The molecule has 5 rings (SSSR count). The van der Waals surface area contributed by atoms with Gasteiger partial charge in [0, 0.05) is 5.56 Å². The van der Waals surface area contributed by atoms with Crippen molar-refractivity contribution < 1.29 is 14.3 Å². The number of hydrogen-bond donors (Lipinski definition) is 2. The molecule has 0 spiro atoms. The highest BCUT2D eigenvalue weighted by atomic mass is 16.4. The fraction of sp³-hybridized carbons (Fsp3) is 0.115. The third-order valence-corrected chi connectivity index (χ3v) is 5.43. The Kier molecular flexibility index (Phi) is 5.70. The van der Waals surface area contributed by atoms with E-state index < -0.39 is 6.10 Å². The molecule has 0 fully saturated rings. The maximum atomic E-state index is 13.2. The zero-order chi connectivity index (χ0) is 22.6. The maximum absolute atomic E-state index is 13.2. The first-order valence-corrected chi connectivity index (χ1v) is 10.6. The van der Waals surface area contributed by atoms with E-state index in [0.717, 1.165) is 11.1 Å². The van der Waals surface area contributed by atoms with Gasteiger partial charge in [0.15, 0.2) is 5.65 Å².